The van der Waals surface area contributed by atoms with Crippen LogP contribution < -0.4 is 5.32 Å². The molecule has 1 saturated carbocycles. The molecule has 2 fully saturated rings. The molecule has 3 heteroatoms. The van der Waals surface area contributed by atoms with Gasteiger partial charge >= 0.3 is 0 Å². The molecule has 1 aromatic rings. The van der Waals surface area contributed by atoms with Gasteiger partial charge in [0.15, 0.2) is 0 Å². The van der Waals surface area contributed by atoms with E-state index < -0.39 is 5.60 Å². The lowest BCUT2D eigenvalue weighted by Crippen LogP contribution is -2.49. The van der Waals surface area contributed by atoms with Crippen molar-refractivity contribution >= 4 is 0 Å². The van der Waals surface area contributed by atoms with Gasteiger partial charge in [0, 0.05) is 38.6 Å². The highest BCUT2D eigenvalue weighted by molar-refractivity contribution is 5.20. The maximum Gasteiger partial charge on any atom is 0.0815 e. The highest BCUT2D eigenvalue weighted by Gasteiger charge is 2.32. The number of hydrogen-bond donors (Lipinski definition) is 2. The topological polar surface area (TPSA) is 41.5 Å². The monoisotopic (exact) mass is 303 g/mol. The molecule has 122 valence electrons. The van der Waals surface area contributed by atoms with E-state index in [-0.39, 0.29) is 0 Å². The van der Waals surface area contributed by atoms with Gasteiger partial charge in [-0.2, -0.15) is 0 Å². The lowest BCUT2D eigenvalue weighted by atomic mass is 9.76. The average molecular weight is 303 g/mol. The smallest absolute Gasteiger partial charge is 0.0815 e. The normalized spacial score (nSPS) is 31.8. The summed E-state index contributed by atoms with van der Waals surface area (Å²) in [4.78, 5) is 0. The van der Waals surface area contributed by atoms with E-state index in [1.165, 1.54) is 24.8 Å². The number of ether oxygens (including phenoxy) is 1. The summed E-state index contributed by atoms with van der Waals surface area (Å²) in [5.74, 6) is 1.38. The van der Waals surface area contributed by atoms with Gasteiger partial charge in [0.25, 0.3) is 0 Å². The molecule has 1 aromatic carbocycles. The van der Waals surface area contributed by atoms with Gasteiger partial charge in [0.2, 0.25) is 0 Å². The van der Waals surface area contributed by atoms with Crippen molar-refractivity contribution in [3.05, 3.63) is 35.9 Å². The lowest BCUT2D eigenvalue weighted by Gasteiger charge is -2.38. The summed E-state index contributed by atoms with van der Waals surface area (Å²) in [6.07, 6.45) is 5.19. The predicted molar refractivity (Wildman–Crippen MR) is 89.0 cm³/mol. The van der Waals surface area contributed by atoms with E-state index in [4.69, 9.17) is 4.74 Å². The summed E-state index contributed by atoms with van der Waals surface area (Å²) in [5.41, 5.74) is 0.895. The van der Waals surface area contributed by atoms with Crippen LogP contribution >= 0.6 is 0 Å². The van der Waals surface area contributed by atoms with Crippen LogP contribution in [0.1, 0.15) is 50.5 Å². The van der Waals surface area contributed by atoms with E-state index in [9.17, 15) is 5.11 Å². The van der Waals surface area contributed by atoms with E-state index in [2.05, 4.69) is 42.6 Å². The number of nitrogens with one attached hydrogen (secondary N) is 1. The molecule has 0 aromatic heterocycles. The molecule has 0 spiro atoms. The second-order valence-corrected chi connectivity index (χ2v) is 7.33. The molecule has 3 rings (SSSR count). The molecule has 3 unspecified atom stereocenters. The van der Waals surface area contributed by atoms with Crippen molar-refractivity contribution in [2.24, 2.45) is 5.92 Å². The zero-order valence-electron chi connectivity index (χ0n) is 13.6. The van der Waals surface area contributed by atoms with Gasteiger partial charge in [0.05, 0.1) is 5.60 Å². The Morgan fingerprint density at radius 1 is 1.14 bits per heavy atom. The van der Waals surface area contributed by atoms with Crippen LogP contribution in [0.15, 0.2) is 30.3 Å². The van der Waals surface area contributed by atoms with E-state index in [1.807, 2.05) is 0 Å². The zero-order chi connectivity index (χ0) is 15.4. The minimum Gasteiger partial charge on any atom is -0.388 e. The molecule has 2 N–H and O–H groups in total. The average Bonchev–Trinajstić information content (AvgIpc) is 2.54. The van der Waals surface area contributed by atoms with Gasteiger partial charge in [-0.05, 0) is 36.7 Å². The number of rotatable bonds is 4. The third-order valence-electron chi connectivity index (χ3n) is 5.36. The maximum atomic E-state index is 10.6. The Morgan fingerprint density at radius 3 is 2.59 bits per heavy atom. The fraction of sp³-hybridized carbons (Fsp3) is 0.684. The van der Waals surface area contributed by atoms with Crippen molar-refractivity contribution in [2.45, 2.75) is 56.6 Å². The van der Waals surface area contributed by atoms with E-state index in [1.54, 1.807) is 0 Å². The molecule has 2 aliphatic rings. The summed E-state index contributed by atoms with van der Waals surface area (Å²) >= 11 is 0. The minimum atomic E-state index is -0.568. The largest absolute Gasteiger partial charge is 0.388 e. The number of aliphatic hydroxyl groups is 1. The predicted octanol–water partition coefficient (Wildman–Crippen LogP) is 3.09. The molecule has 0 radical (unpaired) electrons. The van der Waals surface area contributed by atoms with Gasteiger partial charge in [0.1, 0.15) is 0 Å². The Hall–Kier alpha value is -0.900. The van der Waals surface area contributed by atoms with Crippen LogP contribution in [0.5, 0.6) is 0 Å². The molecule has 0 bridgehead atoms. The fourth-order valence-electron chi connectivity index (χ4n) is 4.03. The Labute approximate surface area is 134 Å². The van der Waals surface area contributed by atoms with Gasteiger partial charge in [-0.15, -0.1) is 0 Å². The summed E-state index contributed by atoms with van der Waals surface area (Å²) in [6, 6.07) is 11.4. The van der Waals surface area contributed by atoms with Crippen LogP contribution in [0.25, 0.3) is 0 Å². The summed E-state index contributed by atoms with van der Waals surface area (Å²) in [6.45, 7) is 4.43. The minimum absolute atomic E-state index is 0.515. The summed E-state index contributed by atoms with van der Waals surface area (Å²) in [5, 5.41) is 14.3. The first-order valence-electron chi connectivity index (χ1n) is 8.73. The Morgan fingerprint density at radius 2 is 1.86 bits per heavy atom. The first kappa shape index (κ1) is 16.0. The summed E-state index contributed by atoms with van der Waals surface area (Å²) in [7, 11) is 0. The van der Waals surface area contributed by atoms with Crippen molar-refractivity contribution in [1.29, 1.82) is 0 Å². The summed E-state index contributed by atoms with van der Waals surface area (Å²) < 4.78 is 5.36. The van der Waals surface area contributed by atoms with Crippen LogP contribution in [0.3, 0.4) is 0 Å². The quantitative estimate of drug-likeness (QED) is 0.898. The Bertz CT molecular complexity index is 456. The SMILES string of the molecule is CC1CC(NCC2(O)CCOCC2)CC(c2ccccc2)C1. The maximum absolute atomic E-state index is 10.6. The van der Waals surface area contributed by atoms with Crippen LogP contribution in [0, 0.1) is 5.92 Å². The molecule has 22 heavy (non-hydrogen) atoms. The van der Waals surface area contributed by atoms with Gasteiger partial charge < -0.3 is 15.2 Å². The second kappa shape index (κ2) is 7.12. The molecular weight excluding hydrogens is 274 g/mol. The van der Waals surface area contributed by atoms with Crippen LogP contribution in [0.2, 0.25) is 0 Å². The van der Waals surface area contributed by atoms with Crippen molar-refractivity contribution in [3.63, 3.8) is 0 Å². The standard InChI is InChI=1S/C19H29NO2/c1-15-11-17(16-5-3-2-4-6-16)13-18(12-15)20-14-19(21)7-9-22-10-8-19/h2-6,15,17-18,20-21H,7-14H2,1H3. The molecule has 1 aliphatic carbocycles. The second-order valence-electron chi connectivity index (χ2n) is 7.33. The molecular formula is C19H29NO2. The van der Waals surface area contributed by atoms with Crippen LogP contribution in [-0.2, 0) is 4.74 Å². The number of benzene rings is 1. The molecule has 1 aliphatic heterocycles. The van der Waals surface area contributed by atoms with E-state index >= 15 is 0 Å². The van der Waals surface area contributed by atoms with Crippen molar-refractivity contribution in [3.8, 4) is 0 Å². The van der Waals surface area contributed by atoms with E-state index in [0.29, 0.717) is 31.7 Å². The highest BCUT2D eigenvalue weighted by Crippen LogP contribution is 2.36. The highest BCUT2D eigenvalue weighted by atomic mass is 16.5. The van der Waals surface area contributed by atoms with Gasteiger partial charge in [-0.25, -0.2) is 0 Å². The third kappa shape index (κ3) is 4.09. The first-order chi connectivity index (χ1) is 10.6. The van der Waals surface area contributed by atoms with Crippen LogP contribution in [-0.4, -0.2) is 36.5 Å². The third-order valence-corrected chi connectivity index (χ3v) is 5.36. The zero-order valence-corrected chi connectivity index (χ0v) is 13.6. The lowest BCUT2D eigenvalue weighted by molar-refractivity contribution is -0.0635. The molecule has 1 heterocycles. The van der Waals surface area contributed by atoms with Crippen molar-refractivity contribution in [1.82, 2.24) is 5.32 Å². The fourth-order valence-corrected chi connectivity index (χ4v) is 4.03. The van der Waals surface area contributed by atoms with Crippen molar-refractivity contribution in [2.75, 3.05) is 19.8 Å². The molecule has 1 saturated heterocycles. The number of hydrogen-bond acceptors (Lipinski definition) is 3. The van der Waals surface area contributed by atoms with Crippen LogP contribution in [0.4, 0.5) is 0 Å². The molecule has 3 atom stereocenters. The first-order valence-corrected chi connectivity index (χ1v) is 8.73. The Kier molecular flexibility index (Phi) is 5.17. The van der Waals surface area contributed by atoms with Crippen molar-refractivity contribution < 1.29 is 9.84 Å². The van der Waals surface area contributed by atoms with Gasteiger partial charge in [-0.1, -0.05) is 37.3 Å². The Balaban J connectivity index is 1.57. The molecule has 3 nitrogen and oxygen atoms in total. The van der Waals surface area contributed by atoms with E-state index in [0.717, 1.165) is 18.8 Å². The van der Waals surface area contributed by atoms with Gasteiger partial charge in [-0.3, -0.25) is 0 Å². The molecule has 0 amide bonds.